The average molecular weight is 301 g/mol. The zero-order valence-corrected chi connectivity index (χ0v) is 13.2. The number of hydrogen-bond acceptors (Lipinski definition) is 5. The molecule has 3 aliphatic rings. The molecule has 0 aromatic rings. The fourth-order valence-electron chi connectivity index (χ4n) is 4.76. The van der Waals surface area contributed by atoms with Gasteiger partial charge in [0.2, 0.25) is 0 Å². The predicted octanol–water partition coefficient (Wildman–Crippen LogP) is 0.0610. The van der Waals surface area contributed by atoms with E-state index in [2.05, 4.69) is 9.80 Å². The zero-order valence-electron chi connectivity index (χ0n) is 12.4. The van der Waals surface area contributed by atoms with Crippen LogP contribution in [-0.2, 0) is 9.84 Å². The second-order valence-electron chi connectivity index (χ2n) is 6.80. The van der Waals surface area contributed by atoms with Crippen molar-refractivity contribution < 1.29 is 8.42 Å². The van der Waals surface area contributed by atoms with E-state index in [1.54, 1.807) is 0 Å². The molecule has 3 fully saturated rings. The molecule has 5 nitrogen and oxygen atoms in total. The van der Waals surface area contributed by atoms with Gasteiger partial charge in [-0.2, -0.15) is 0 Å². The van der Waals surface area contributed by atoms with E-state index in [0.29, 0.717) is 12.6 Å². The lowest BCUT2D eigenvalue weighted by Gasteiger charge is -2.49. The van der Waals surface area contributed by atoms with Gasteiger partial charge in [-0.05, 0) is 32.2 Å². The van der Waals surface area contributed by atoms with Gasteiger partial charge in [0, 0.05) is 44.0 Å². The van der Waals surface area contributed by atoms with Crippen molar-refractivity contribution in [2.45, 2.75) is 48.9 Å². The number of hydrogen-bond donors (Lipinski definition) is 1. The van der Waals surface area contributed by atoms with E-state index in [0.717, 1.165) is 38.9 Å². The number of piperazine rings is 1. The number of nitrogens with two attached hydrogens (primary N) is 1. The maximum Gasteiger partial charge on any atom is 0.152 e. The first kappa shape index (κ1) is 14.8. The molecule has 0 bridgehead atoms. The molecule has 3 rings (SSSR count). The molecule has 1 saturated carbocycles. The minimum Gasteiger partial charge on any atom is -0.329 e. The maximum atomic E-state index is 12.2. The molecule has 1 aliphatic carbocycles. The first-order valence-electron chi connectivity index (χ1n) is 7.85. The Labute approximate surface area is 122 Å². The first-order valence-corrected chi connectivity index (χ1v) is 9.81. The molecule has 2 N–H and O–H groups in total. The van der Waals surface area contributed by atoms with Gasteiger partial charge in [-0.15, -0.1) is 0 Å². The second kappa shape index (κ2) is 5.23. The van der Waals surface area contributed by atoms with Crippen molar-refractivity contribution in [1.82, 2.24) is 9.80 Å². The number of fused-ring (bicyclic) bond motifs is 1. The molecule has 6 heteroatoms. The van der Waals surface area contributed by atoms with Gasteiger partial charge in [0.1, 0.15) is 0 Å². The van der Waals surface area contributed by atoms with Crippen molar-refractivity contribution >= 4 is 9.84 Å². The highest BCUT2D eigenvalue weighted by molar-refractivity contribution is 7.91. The van der Waals surface area contributed by atoms with Crippen LogP contribution in [0.1, 0.15) is 32.1 Å². The summed E-state index contributed by atoms with van der Waals surface area (Å²) in [6.45, 7) is 4.73. The van der Waals surface area contributed by atoms with Gasteiger partial charge in [0.15, 0.2) is 9.84 Å². The van der Waals surface area contributed by atoms with Gasteiger partial charge >= 0.3 is 0 Å². The molecule has 0 aromatic carbocycles. The van der Waals surface area contributed by atoms with Crippen LogP contribution in [0.5, 0.6) is 0 Å². The van der Waals surface area contributed by atoms with Crippen molar-refractivity contribution in [1.29, 1.82) is 0 Å². The van der Waals surface area contributed by atoms with Crippen molar-refractivity contribution in [3.63, 3.8) is 0 Å². The van der Waals surface area contributed by atoms with Crippen molar-refractivity contribution in [2.75, 3.05) is 39.0 Å². The van der Waals surface area contributed by atoms with Crippen LogP contribution >= 0.6 is 0 Å². The Bertz CT molecular complexity index is 467. The van der Waals surface area contributed by atoms with E-state index in [4.69, 9.17) is 5.73 Å². The Balaban J connectivity index is 1.85. The average Bonchev–Trinajstić information content (AvgIpc) is 3.04. The predicted molar refractivity (Wildman–Crippen MR) is 80.4 cm³/mol. The van der Waals surface area contributed by atoms with Crippen LogP contribution in [0.2, 0.25) is 0 Å². The summed E-state index contributed by atoms with van der Waals surface area (Å²) in [4.78, 5) is 4.99. The monoisotopic (exact) mass is 301 g/mol. The van der Waals surface area contributed by atoms with Gasteiger partial charge in [-0.25, -0.2) is 8.42 Å². The highest BCUT2D eigenvalue weighted by Crippen LogP contribution is 2.40. The molecule has 116 valence electrons. The van der Waals surface area contributed by atoms with E-state index in [1.807, 2.05) is 0 Å². The number of nitrogens with zero attached hydrogens (tertiary/aromatic N) is 2. The van der Waals surface area contributed by atoms with E-state index in [1.165, 1.54) is 25.6 Å². The van der Waals surface area contributed by atoms with E-state index in [9.17, 15) is 8.42 Å². The lowest BCUT2D eigenvalue weighted by Crippen LogP contribution is -2.66. The quantitative estimate of drug-likeness (QED) is 0.798. The smallest absolute Gasteiger partial charge is 0.152 e. The third-order valence-electron chi connectivity index (χ3n) is 5.76. The lowest BCUT2D eigenvalue weighted by molar-refractivity contribution is 0.0228. The molecular weight excluding hydrogens is 274 g/mol. The van der Waals surface area contributed by atoms with Gasteiger partial charge in [0.05, 0.1) is 5.25 Å². The fraction of sp³-hybridized carbons (Fsp3) is 1.00. The minimum absolute atomic E-state index is 0.270. The molecule has 0 aromatic heterocycles. The molecule has 0 radical (unpaired) electrons. The molecule has 0 spiro atoms. The van der Waals surface area contributed by atoms with Crippen LogP contribution in [0.4, 0.5) is 0 Å². The number of sulfone groups is 1. The summed E-state index contributed by atoms with van der Waals surface area (Å²) in [6, 6.07) is 0.619. The Kier molecular flexibility index (Phi) is 3.86. The van der Waals surface area contributed by atoms with Crippen molar-refractivity contribution in [3.8, 4) is 0 Å². The third kappa shape index (κ3) is 2.30. The first-order chi connectivity index (χ1) is 9.47. The molecular formula is C14H27N3O2S. The van der Waals surface area contributed by atoms with Crippen LogP contribution < -0.4 is 5.73 Å². The van der Waals surface area contributed by atoms with Gasteiger partial charge in [0.25, 0.3) is 0 Å². The fourth-order valence-corrected chi connectivity index (χ4v) is 6.51. The zero-order chi connectivity index (χ0) is 14.4. The van der Waals surface area contributed by atoms with Crippen molar-refractivity contribution in [2.24, 2.45) is 5.73 Å². The summed E-state index contributed by atoms with van der Waals surface area (Å²) in [5, 5.41) is -0.270. The minimum atomic E-state index is -3.03. The highest BCUT2D eigenvalue weighted by Gasteiger charge is 2.52. The van der Waals surface area contributed by atoms with E-state index in [-0.39, 0.29) is 10.8 Å². The maximum absolute atomic E-state index is 12.2. The molecule has 3 unspecified atom stereocenters. The molecule has 2 aliphatic heterocycles. The van der Waals surface area contributed by atoms with Gasteiger partial charge < -0.3 is 5.73 Å². The molecule has 20 heavy (non-hydrogen) atoms. The SMILES string of the molecule is CS(=O)(=O)C1CCCC1(CN)N1CCN2CCCC2C1. The standard InChI is InChI=1S/C14H27N3O2S/c1-20(18,19)13-5-2-6-14(13,11-15)17-9-8-16-7-3-4-12(16)10-17/h12-13H,2-11,15H2,1H3. The normalized spacial score (nSPS) is 40.1. The summed E-state index contributed by atoms with van der Waals surface area (Å²) >= 11 is 0. The summed E-state index contributed by atoms with van der Waals surface area (Å²) in [5.41, 5.74) is 5.80. The lowest BCUT2D eigenvalue weighted by atomic mass is 9.92. The summed E-state index contributed by atoms with van der Waals surface area (Å²) in [5.74, 6) is 0. The Morgan fingerprint density at radius 2 is 2.00 bits per heavy atom. The molecule has 2 saturated heterocycles. The summed E-state index contributed by atoms with van der Waals surface area (Å²) < 4.78 is 24.4. The van der Waals surface area contributed by atoms with E-state index < -0.39 is 9.84 Å². The van der Waals surface area contributed by atoms with Crippen LogP contribution in [0.25, 0.3) is 0 Å². The topological polar surface area (TPSA) is 66.6 Å². The largest absolute Gasteiger partial charge is 0.329 e. The molecule has 0 amide bonds. The van der Waals surface area contributed by atoms with Gasteiger partial charge in [-0.3, -0.25) is 9.80 Å². The highest BCUT2D eigenvalue weighted by atomic mass is 32.2. The Morgan fingerprint density at radius 1 is 1.20 bits per heavy atom. The Hall–Kier alpha value is -0.170. The number of rotatable bonds is 3. The Morgan fingerprint density at radius 3 is 2.70 bits per heavy atom. The molecule has 2 heterocycles. The van der Waals surface area contributed by atoms with Crippen molar-refractivity contribution in [3.05, 3.63) is 0 Å². The van der Waals surface area contributed by atoms with Crippen LogP contribution in [0, 0.1) is 0 Å². The third-order valence-corrected chi connectivity index (χ3v) is 7.47. The second-order valence-corrected chi connectivity index (χ2v) is 9.02. The van der Waals surface area contributed by atoms with Gasteiger partial charge in [-0.1, -0.05) is 6.42 Å². The summed E-state index contributed by atoms with van der Waals surface area (Å²) in [6.07, 6.45) is 6.62. The molecule has 3 atom stereocenters. The van der Waals surface area contributed by atoms with E-state index >= 15 is 0 Å². The van der Waals surface area contributed by atoms with Crippen LogP contribution in [0.15, 0.2) is 0 Å². The van der Waals surface area contributed by atoms with Crippen LogP contribution in [-0.4, -0.2) is 74.0 Å². The summed E-state index contributed by atoms with van der Waals surface area (Å²) in [7, 11) is -3.03. The van der Waals surface area contributed by atoms with Crippen LogP contribution in [0.3, 0.4) is 0 Å².